The van der Waals surface area contributed by atoms with Crippen LogP contribution in [0.2, 0.25) is 0 Å². The van der Waals surface area contributed by atoms with Crippen LogP contribution in [0.1, 0.15) is 31.2 Å². The molecule has 0 heterocycles. The minimum atomic E-state index is -0.785. The van der Waals surface area contributed by atoms with Gasteiger partial charge in [-0.1, -0.05) is 18.6 Å². The Labute approximate surface area is 121 Å². The number of benzene rings is 1. The summed E-state index contributed by atoms with van der Waals surface area (Å²) in [6, 6.07) is 7.22. The Morgan fingerprint density at radius 2 is 2.10 bits per heavy atom. The molecule has 4 atom stereocenters. The van der Waals surface area contributed by atoms with Gasteiger partial charge >= 0.3 is 0 Å². The van der Waals surface area contributed by atoms with Crippen molar-refractivity contribution in [1.82, 2.24) is 4.90 Å². The Bertz CT molecular complexity index is 488. The highest BCUT2D eigenvalue weighted by molar-refractivity contribution is 5.33. The van der Waals surface area contributed by atoms with E-state index in [0.717, 1.165) is 18.5 Å². The Kier molecular flexibility index (Phi) is 3.51. The largest absolute Gasteiger partial charge is 0.508 e. The van der Waals surface area contributed by atoms with E-state index in [1.807, 2.05) is 12.1 Å². The highest BCUT2D eigenvalue weighted by atomic mass is 16.3. The van der Waals surface area contributed by atoms with E-state index in [1.54, 1.807) is 12.1 Å². The molecule has 20 heavy (non-hydrogen) atoms. The number of hydrogen-bond acceptors (Lipinski definition) is 3. The van der Waals surface area contributed by atoms with Crippen LogP contribution in [0.5, 0.6) is 5.75 Å². The standard InChI is InChI=1S/C17H25NO2/c1-18(2)11-16-13-7-6-12(8-13)10-17(16,20)14-4-3-5-15(19)9-14/h3-5,9,12-13,16,19-20H,6-8,10-11H2,1-2H3/t12-,13+,16-,17-/m0/s1. The van der Waals surface area contributed by atoms with Gasteiger partial charge in [0, 0.05) is 12.5 Å². The third-order valence-electron chi connectivity index (χ3n) is 5.27. The second-order valence-corrected chi connectivity index (χ2v) is 6.99. The van der Waals surface area contributed by atoms with E-state index in [2.05, 4.69) is 19.0 Å². The zero-order valence-corrected chi connectivity index (χ0v) is 12.4. The number of rotatable bonds is 3. The lowest BCUT2D eigenvalue weighted by molar-refractivity contribution is -0.0892. The maximum absolute atomic E-state index is 11.4. The molecule has 0 spiro atoms. The highest BCUT2D eigenvalue weighted by Gasteiger charge is 2.51. The number of hydrogen-bond donors (Lipinski definition) is 2. The summed E-state index contributed by atoms with van der Waals surface area (Å²) in [6.07, 6.45) is 4.59. The molecule has 2 fully saturated rings. The molecule has 110 valence electrons. The van der Waals surface area contributed by atoms with Gasteiger partial charge < -0.3 is 15.1 Å². The first-order chi connectivity index (χ1) is 9.49. The number of phenols is 1. The van der Waals surface area contributed by atoms with Crippen LogP contribution in [-0.4, -0.2) is 35.8 Å². The van der Waals surface area contributed by atoms with Crippen LogP contribution in [0.25, 0.3) is 0 Å². The summed E-state index contributed by atoms with van der Waals surface area (Å²) in [4.78, 5) is 2.18. The zero-order chi connectivity index (χ0) is 14.3. The first kappa shape index (κ1) is 13.9. The molecule has 0 aromatic heterocycles. The van der Waals surface area contributed by atoms with Crippen LogP contribution in [0, 0.1) is 17.8 Å². The van der Waals surface area contributed by atoms with Crippen molar-refractivity contribution < 1.29 is 10.2 Å². The molecule has 0 aliphatic heterocycles. The number of aromatic hydroxyl groups is 1. The fraction of sp³-hybridized carbons (Fsp3) is 0.647. The zero-order valence-electron chi connectivity index (χ0n) is 12.4. The first-order valence-electron chi connectivity index (χ1n) is 7.65. The average molecular weight is 275 g/mol. The second-order valence-electron chi connectivity index (χ2n) is 6.99. The van der Waals surface area contributed by atoms with Crippen molar-refractivity contribution in [3.8, 4) is 5.75 Å². The predicted octanol–water partition coefficient (Wildman–Crippen LogP) is 2.58. The number of aliphatic hydroxyl groups is 1. The van der Waals surface area contributed by atoms with Crippen molar-refractivity contribution >= 4 is 0 Å². The van der Waals surface area contributed by atoms with Crippen molar-refractivity contribution in [1.29, 1.82) is 0 Å². The quantitative estimate of drug-likeness (QED) is 0.891. The summed E-state index contributed by atoms with van der Waals surface area (Å²) >= 11 is 0. The lowest BCUT2D eigenvalue weighted by Gasteiger charge is -2.45. The van der Waals surface area contributed by atoms with Gasteiger partial charge in [-0.25, -0.2) is 0 Å². The fourth-order valence-electron chi connectivity index (χ4n) is 4.45. The van der Waals surface area contributed by atoms with Gasteiger partial charge in [-0.3, -0.25) is 0 Å². The monoisotopic (exact) mass is 275 g/mol. The molecular weight excluding hydrogens is 250 g/mol. The van der Waals surface area contributed by atoms with E-state index in [-0.39, 0.29) is 11.7 Å². The van der Waals surface area contributed by atoms with Crippen LogP contribution in [-0.2, 0) is 5.60 Å². The Morgan fingerprint density at radius 3 is 2.80 bits per heavy atom. The van der Waals surface area contributed by atoms with Gasteiger partial charge in [0.25, 0.3) is 0 Å². The molecule has 3 nitrogen and oxygen atoms in total. The summed E-state index contributed by atoms with van der Waals surface area (Å²) in [5.74, 6) is 1.77. The Hall–Kier alpha value is -1.06. The average Bonchev–Trinajstić information content (AvgIpc) is 2.78. The molecule has 0 radical (unpaired) electrons. The van der Waals surface area contributed by atoms with E-state index in [0.29, 0.717) is 11.8 Å². The van der Waals surface area contributed by atoms with Crippen molar-refractivity contribution in [2.24, 2.45) is 17.8 Å². The maximum Gasteiger partial charge on any atom is 0.115 e. The molecule has 0 unspecified atom stereocenters. The molecule has 2 N–H and O–H groups in total. The van der Waals surface area contributed by atoms with Crippen LogP contribution in [0.15, 0.2) is 24.3 Å². The third kappa shape index (κ3) is 2.33. The normalized spacial score (nSPS) is 36.5. The Balaban J connectivity index is 1.98. The third-order valence-corrected chi connectivity index (χ3v) is 5.27. The molecule has 2 bridgehead atoms. The van der Waals surface area contributed by atoms with Gasteiger partial charge in [0.2, 0.25) is 0 Å². The van der Waals surface area contributed by atoms with Crippen molar-refractivity contribution in [3.05, 3.63) is 29.8 Å². The molecule has 3 heteroatoms. The van der Waals surface area contributed by atoms with E-state index in [4.69, 9.17) is 0 Å². The lowest BCUT2D eigenvalue weighted by Crippen LogP contribution is -2.47. The minimum absolute atomic E-state index is 0.248. The van der Waals surface area contributed by atoms with E-state index in [9.17, 15) is 10.2 Å². The summed E-state index contributed by atoms with van der Waals surface area (Å²) in [7, 11) is 4.15. The molecule has 0 amide bonds. The summed E-state index contributed by atoms with van der Waals surface area (Å²) < 4.78 is 0. The first-order valence-corrected chi connectivity index (χ1v) is 7.65. The van der Waals surface area contributed by atoms with E-state index < -0.39 is 5.60 Å². The SMILES string of the molecule is CN(C)C[C@H]1[C@@H]2CC[C@@H](C2)C[C@]1(O)c1cccc(O)c1. The fourth-order valence-corrected chi connectivity index (χ4v) is 4.45. The minimum Gasteiger partial charge on any atom is -0.508 e. The van der Waals surface area contributed by atoms with Crippen LogP contribution >= 0.6 is 0 Å². The summed E-state index contributed by atoms with van der Waals surface area (Å²) in [6.45, 7) is 0.906. The van der Waals surface area contributed by atoms with Crippen molar-refractivity contribution in [3.63, 3.8) is 0 Å². The molecule has 2 aliphatic rings. The van der Waals surface area contributed by atoms with Crippen molar-refractivity contribution in [2.45, 2.75) is 31.3 Å². The number of phenolic OH excluding ortho intramolecular Hbond substituents is 1. The molecule has 1 aromatic carbocycles. The predicted molar refractivity (Wildman–Crippen MR) is 79.5 cm³/mol. The number of fused-ring (bicyclic) bond motifs is 2. The topological polar surface area (TPSA) is 43.7 Å². The van der Waals surface area contributed by atoms with E-state index >= 15 is 0 Å². The molecule has 2 aliphatic carbocycles. The van der Waals surface area contributed by atoms with Crippen molar-refractivity contribution in [2.75, 3.05) is 20.6 Å². The van der Waals surface area contributed by atoms with Gasteiger partial charge in [-0.2, -0.15) is 0 Å². The number of nitrogens with zero attached hydrogens (tertiary/aromatic N) is 1. The van der Waals surface area contributed by atoms with Gasteiger partial charge in [-0.05, 0) is 62.9 Å². The van der Waals surface area contributed by atoms with Crippen LogP contribution in [0.3, 0.4) is 0 Å². The van der Waals surface area contributed by atoms with Crippen LogP contribution < -0.4 is 0 Å². The molecular formula is C17H25NO2. The maximum atomic E-state index is 11.4. The van der Waals surface area contributed by atoms with Gasteiger partial charge in [0.1, 0.15) is 5.75 Å². The molecule has 2 saturated carbocycles. The summed E-state index contributed by atoms with van der Waals surface area (Å²) in [5, 5.41) is 21.2. The van der Waals surface area contributed by atoms with E-state index in [1.165, 1.54) is 19.3 Å². The molecule has 3 rings (SSSR count). The van der Waals surface area contributed by atoms with Gasteiger partial charge in [0.05, 0.1) is 5.60 Å². The highest BCUT2D eigenvalue weighted by Crippen LogP contribution is 2.54. The molecule has 0 saturated heterocycles. The smallest absolute Gasteiger partial charge is 0.115 e. The second kappa shape index (κ2) is 5.05. The molecule has 1 aromatic rings. The van der Waals surface area contributed by atoms with Gasteiger partial charge in [0.15, 0.2) is 0 Å². The van der Waals surface area contributed by atoms with Crippen LogP contribution in [0.4, 0.5) is 0 Å². The Morgan fingerprint density at radius 1 is 1.30 bits per heavy atom. The lowest BCUT2D eigenvalue weighted by atomic mass is 9.66. The summed E-state index contributed by atoms with van der Waals surface area (Å²) in [5.41, 5.74) is 0.105. The van der Waals surface area contributed by atoms with Gasteiger partial charge in [-0.15, -0.1) is 0 Å².